The molecule has 1 unspecified atom stereocenters. The normalized spacial score (nSPS) is 20.0. The van der Waals surface area contributed by atoms with Crippen LogP contribution in [0.2, 0.25) is 0 Å². The zero-order valence-electron chi connectivity index (χ0n) is 14.0. The van der Waals surface area contributed by atoms with Gasteiger partial charge in [-0.05, 0) is 56.7 Å². The van der Waals surface area contributed by atoms with Crippen LogP contribution >= 0.6 is 0 Å². The van der Waals surface area contributed by atoms with Crippen LogP contribution in [0.25, 0.3) is 0 Å². The maximum Gasteiger partial charge on any atom is 0.0835 e. The van der Waals surface area contributed by atoms with Crippen molar-refractivity contribution < 1.29 is 4.74 Å². The minimum Gasteiger partial charge on any atom is -0.374 e. The van der Waals surface area contributed by atoms with Crippen molar-refractivity contribution in [2.75, 3.05) is 6.61 Å². The average molecular weight is 289 g/mol. The third kappa shape index (κ3) is 3.87. The Balaban J connectivity index is 2.20. The lowest BCUT2D eigenvalue weighted by atomic mass is 9.82. The zero-order chi connectivity index (χ0) is 15.3. The van der Waals surface area contributed by atoms with E-state index in [2.05, 4.69) is 39.0 Å². The Morgan fingerprint density at radius 2 is 1.67 bits per heavy atom. The fraction of sp³-hybridized carbons (Fsp3) is 0.684. The summed E-state index contributed by atoms with van der Waals surface area (Å²) in [6, 6.07) is 6.60. The Kier molecular flexibility index (Phi) is 5.83. The molecule has 21 heavy (non-hydrogen) atoms. The highest BCUT2D eigenvalue weighted by Crippen LogP contribution is 2.34. The van der Waals surface area contributed by atoms with Gasteiger partial charge in [0.2, 0.25) is 0 Å². The van der Waals surface area contributed by atoms with Gasteiger partial charge in [-0.2, -0.15) is 0 Å². The van der Waals surface area contributed by atoms with E-state index in [1.807, 2.05) is 0 Å². The molecule has 1 aromatic rings. The summed E-state index contributed by atoms with van der Waals surface area (Å²) >= 11 is 0. The molecular weight excluding hydrogens is 258 g/mol. The highest BCUT2D eigenvalue weighted by molar-refractivity contribution is 5.34. The van der Waals surface area contributed by atoms with E-state index in [1.54, 1.807) is 0 Å². The third-order valence-corrected chi connectivity index (χ3v) is 5.13. The molecule has 1 aromatic carbocycles. The molecule has 0 spiro atoms. The molecule has 0 aliphatic heterocycles. The van der Waals surface area contributed by atoms with E-state index < -0.39 is 0 Å². The molecule has 0 aromatic heterocycles. The average Bonchev–Trinajstić information content (AvgIpc) is 2.70. The zero-order valence-corrected chi connectivity index (χ0v) is 14.0. The Morgan fingerprint density at radius 1 is 1.10 bits per heavy atom. The molecule has 0 amide bonds. The predicted molar refractivity (Wildman–Crippen MR) is 89.7 cm³/mol. The highest BCUT2D eigenvalue weighted by Gasteiger charge is 2.38. The number of benzene rings is 1. The van der Waals surface area contributed by atoms with Crippen molar-refractivity contribution in [3.8, 4) is 0 Å². The van der Waals surface area contributed by atoms with Gasteiger partial charge in [-0.3, -0.25) is 0 Å². The molecule has 1 saturated carbocycles. The first-order valence-corrected chi connectivity index (χ1v) is 8.53. The molecule has 2 rings (SSSR count). The second-order valence-electron chi connectivity index (χ2n) is 6.59. The van der Waals surface area contributed by atoms with E-state index in [4.69, 9.17) is 10.5 Å². The molecule has 118 valence electrons. The van der Waals surface area contributed by atoms with Crippen molar-refractivity contribution in [2.24, 2.45) is 5.73 Å². The molecule has 0 heterocycles. The summed E-state index contributed by atoms with van der Waals surface area (Å²) in [5.41, 5.74) is 10.7. The van der Waals surface area contributed by atoms with E-state index >= 15 is 0 Å². The van der Waals surface area contributed by atoms with Crippen LogP contribution in [0.4, 0.5) is 0 Å². The summed E-state index contributed by atoms with van der Waals surface area (Å²) in [6.07, 6.45) is 8.31. The summed E-state index contributed by atoms with van der Waals surface area (Å²) in [5, 5.41) is 0. The molecule has 1 atom stereocenters. The van der Waals surface area contributed by atoms with Crippen molar-refractivity contribution in [1.29, 1.82) is 0 Å². The number of ether oxygens (including phenoxy) is 1. The molecule has 2 heteroatoms. The van der Waals surface area contributed by atoms with Gasteiger partial charge in [-0.1, -0.05) is 43.9 Å². The summed E-state index contributed by atoms with van der Waals surface area (Å²) in [7, 11) is 0. The van der Waals surface area contributed by atoms with Crippen LogP contribution < -0.4 is 5.73 Å². The van der Waals surface area contributed by atoms with Crippen LogP contribution in [-0.4, -0.2) is 18.2 Å². The van der Waals surface area contributed by atoms with Crippen LogP contribution in [0.1, 0.15) is 62.1 Å². The van der Waals surface area contributed by atoms with Gasteiger partial charge in [0, 0.05) is 12.6 Å². The number of hydrogen-bond acceptors (Lipinski definition) is 2. The Hall–Kier alpha value is -0.860. The SMILES string of the molecule is CCOC1(C(N)Cc2c(C)cccc2C)CCCCCC1. The van der Waals surface area contributed by atoms with Crippen LogP contribution in [-0.2, 0) is 11.2 Å². The lowest BCUT2D eigenvalue weighted by molar-refractivity contribution is -0.0683. The maximum atomic E-state index is 6.68. The van der Waals surface area contributed by atoms with Crippen molar-refractivity contribution in [3.63, 3.8) is 0 Å². The fourth-order valence-electron chi connectivity index (χ4n) is 3.81. The number of aryl methyl sites for hydroxylation is 2. The van der Waals surface area contributed by atoms with Gasteiger partial charge in [-0.25, -0.2) is 0 Å². The molecule has 0 bridgehead atoms. The second-order valence-corrected chi connectivity index (χ2v) is 6.59. The summed E-state index contributed by atoms with van der Waals surface area (Å²) in [5.74, 6) is 0. The first kappa shape index (κ1) is 16.5. The van der Waals surface area contributed by atoms with E-state index in [-0.39, 0.29) is 11.6 Å². The molecular formula is C19H31NO. The number of hydrogen-bond donors (Lipinski definition) is 1. The summed E-state index contributed by atoms with van der Waals surface area (Å²) in [4.78, 5) is 0. The Morgan fingerprint density at radius 3 is 2.19 bits per heavy atom. The van der Waals surface area contributed by atoms with E-state index in [9.17, 15) is 0 Å². The Labute approximate surface area is 130 Å². The van der Waals surface area contributed by atoms with E-state index in [0.717, 1.165) is 25.9 Å². The first-order chi connectivity index (χ1) is 10.1. The van der Waals surface area contributed by atoms with Gasteiger partial charge in [0.15, 0.2) is 0 Å². The minimum atomic E-state index is -0.111. The highest BCUT2D eigenvalue weighted by atomic mass is 16.5. The van der Waals surface area contributed by atoms with E-state index in [0.29, 0.717) is 0 Å². The fourth-order valence-corrected chi connectivity index (χ4v) is 3.81. The lowest BCUT2D eigenvalue weighted by Crippen LogP contribution is -2.51. The second kappa shape index (κ2) is 7.42. The smallest absolute Gasteiger partial charge is 0.0835 e. The molecule has 2 nitrogen and oxygen atoms in total. The topological polar surface area (TPSA) is 35.2 Å². The maximum absolute atomic E-state index is 6.68. The van der Waals surface area contributed by atoms with Gasteiger partial charge >= 0.3 is 0 Å². The quantitative estimate of drug-likeness (QED) is 0.820. The number of nitrogens with two attached hydrogens (primary N) is 1. The minimum absolute atomic E-state index is 0.0929. The Bertz CT molecular complexity index is 427. The van der Waals surface area contributed by atoms with Crippen molar-refractivity contribution in [2.45, 2.75) is 77.4 Å². The van der Waals surface area contributed by atoms with Crippen LogP contribution in [0, 0.1) is 13.8 Å². The first-order valence-electron chi connectivity index (χ1n) is 8.53. The van der Waals surface area contributed by atoms with E-state index in [1.165, 1.54) is 42.4 Å². The van der Waals surface area contributed by atoms with Gasteiger partial charge in [-0.15, -0.1) is 0 Å². The van der Waals surface area contributed by atoms with Crippen LogP contribution in [0.5, 0.6) is 0 Å². The van der Waals surface area contributed by atoms with Gasteiger partial charge in [0.1, 0.15) is 0 Å². The summed E-state index contributed by atoms with van der Waals surface area (Å²) in [6.45, 7) is 7.24. The largest absolute Gasteiger partial charge is 0.374 e. The van der Waals surface area contributed by atoms with Crippen molar-refractivity contribution >= 4 is 0 Å². The molecule has 1 fully saturated rings. The molecule has 1 aliphatic rings. The lowest BCUT2D eigenvalue weighted by Gasteiger charge is -2.38. The molecule has 0 radical (unpaired) electrons. The predicted octanol–water partition coefficient (Wildman–Crippen LogP) is 4.30. The molecule has 1 aliphatic carbocycles. The number of rotatable bonds is 5. The third-order valence-electron chi connectivity index (χ3n) is 5.13. The van der Waals surface area contributed by atoms with Crippen LogP contribution in [0.15, 0.2) is 18.2 Å². The van der Waals surface area contributed by atoms with Crippen molar-refractivity contribution in [3.05, 3.63) is 34.9 Å². The monoisotopic (exact) mass is 289 g/mol. The molecule has 2 N–H and O–H groups in total. The van der Waals surface area contributed by atoms with Gasteiger partial charge < -0.3 is 10.5 Å². The van der Waals surface area contributed by atoms with Gasteiger partial charge in [0.25, 0.3) is 0 Å². The summed E-state index contributed by atoms with van der Waals surface area (Å²) < 4.78 is 6.24. The standard InChI is InChI=1S/C19H31NO/c1-4-21-19(12-7-5-6-8-13-19)18(20)14-17-15(2)10-9-11-16(17)3/h9-11,18H,4-8,12-14,20H2,1-3H3. The van der Waals surface area contributed by atoms with Crippen molar-refractivity contribution in [1.82, 2.24) is 0 Å². The molecule has 0 saturated heterocycles. The van der Waals surface area contributed by atoms with Crippen LogP contribution in [0.3, 0.4) is 0 Å². The van der Waals surface area contributed by atoms with Gasteiger partial charge in [0.05, 0.1) is 5.60 Å².